The van der Waals surface area contributed by atoms with E-state index in [-0.39, 0.29) is 5.91 Å². The Labute approximate surface area is 155 Å². The third kappa shape index (κ3) is 6.27. The summed E-state index contributed by atoms with van der Waals surface area (Å²) in [7, 11) is 0. The normalized spacial score (nSPS) is 10.6. The van der Waals surface area contributed by atoms with Crippen molar-refractivity contribution in [3.8, 4) is 0 Å². The largest absolute Gasteiger partial charge is 0.352 e. The van der Waals surface area contributed by atoms with Gasteiger partial charge in [-0.1, -0.05) is 59.1 Å². The molecule has 0 unspecified atom stereocenters. The molecule has 2 aromatic rings. The molecule has 0 aliphatic carbocycles. The second kappa shape index (κ2) is 9.43. The molecule has 0 bridgehead atoms. The number of amides is 1. The highest BCUT2D eigenvalue weighted by molar-refractivity contribution is 7.98. The van der Waals surface area contributed by atoms with Crippen molar-refractivity contribution >= 4 is 52.5 Å². The van der Waals surface area contributed by atoms with Crippen LogP contribution in [0, 0.1) is 0 Å². The quantitative estimate of drug-likeness (QED) is 0.627. The van der Waals surface area contributed by atoms with Gasteiger partial charge in [0.15, 0.2) is 0 Å². The molecule has 0 radical (unpaired) electrons. The fourth-order valence-electron chi connectivity index (χ4n) is 1.90. The van der Waals surface area contributed by atoms with Crippen molar-refractivity contribution in [1.82, 2.24) is 5.32 Å². The highest BCUT2D eigenvalue weighted by Crippen LogP contribution is 2.23. The van der Waals surface area contributed by atoms with Crippen molar-refractivity contribution in [3.63, 3.8) is 0 Å². The molecule has 1 amide bonds. The third-order valence-electron chi connectivity index (χ3n) is 3.16. The first-order chi connectivity index (χ1) is 11.1. The zero-order chi connectivity index (χ0) is 16.7. The van der Waals surface area contributed by atoms with Crippen LogP contribution in [-0.4, -0.2) is 11.7 Å². The molecule has 6 heteroatoms. The van der Waals surface area contributed by atoms with E-state index >= 15 is 0 Å². The molecule has 0 atom stereocenters. The van der Waals surface area contributed by atoms with Crippen molar-refractivity contribution in [1.29, 1.82) is 0 Å². The molecule has 2 aromatic carbocycles. The van der Waals surface area contributed by atoms with Crippen LogP contribution in [0.5, 0.6) is 0 Å². The van der Waals surface area contributed by atoms with Gasteiger partial charge in [-0.2, -0.15) is 11.8 Å². The van der Waals surface area contributed by atoms with Crippen molar-refractivity contribution in [2.24, 2.45) is 0 Å². The van der Waals surface area contributed by atoms with Gasteiger partial charge < -0.3 is 5.32 Å². The van der Waals surface area contributed by atoms with E-state index in [1.807, 2.05) is 30.3 Å². The predicted octanol–water partition coefficient (Wildman–Crippen LogP) is 5.59. The fourth-order valence-corrected chi connectivity index (χ4v) is 3.45. The molecule has 122 valence electrons. The molecule has 0 aliphatic heterocycles. The van der Waals surface area contributed by atoms with E-state index in [2.05, 4.69) is 5.32 Å². The SMILES string of the molecule is O=C(CCSCc1ccccc1Cl)NCc1ccc(Cl)c(Cl)c1. The number of rotatable bonds is 7. The molecule has 2 rings (SSSR count). The molecule has 0 saturated carbocycles. The summed E-state index contributed by atoms with van der Waals surface area (Å²) in [6.45, 7) is 0.449. The fraction of sp³-hybridized carbons (Fsp3) is 0.235. The van der Waals surface area contributed by atoms with Crippen LogP contribution in [0.25, 0.3) is 0 Å². The molecule has 0 saturated heterocycles. The number of halogens is 3. The van der Waals surface area contributed by atoms with Crippen LogP contribution in [-0.2, 0) is 17.1 Å². The standard InChI is InChI=1S/C17H16Cl3NOS/c18-14-4-2-1-3-13(14)11-23-8-7-17(22)21-10-12-5-6-15(19)16(20)9-12/h1-6,9H,7-8,10-11H2,(H,21,22). The van der Waals surface area contributed by atoms with Crippen molar-refractivity contribution in [3.05, 3.63) is 68.7 Å². The van der Waals surface area contributed by atoms with E-state index in [1.165, 1.54) is 0 Å². The number of hydrogen-bond acceptors (Lipinski definition) is 2. The maximum absolute atomic E-state index is 11.8. The lowest BCUT2D eigenvalue weighted by molar-refractivity contribution is -0.120. The predicted molar refractivity (Wildman–Crippen MR) is 101 cm³/mol. The first-order valence-corrected chi connectivity index (χ1v) is 9.37. The van der Waals surface area contributed by atoms with Crippen LogP contribution in [0.1, 0.15) is 17.5 Å². The topological polar surface area (TPSA) is 29.1 Å². The summed E-state index contributed by atoms with van der Waals surface area (Å²) in [6.07, 6.45) is 0.469. The molecule has 23 heavy (non-hydrogen) atoms. The Bertz CT molecular complexity index is 679. The highest BCUT2D eigenvalue weighted by atomic mass is 35.5. The van der Waals surface area contributed by atoms with Crippen LogP contribution in [0.2, 0.25) is 15.1 Å². The molecule has 0 heterocycles. The minimum atomic E-state index is 0.0164. The second-order valence-electron chi connectivity index (χ2n) is 4.92. The van der Waals surface area contributed by atoms with Gasteiger partial charge in [0.05, 0.1) is 10.0 Å². The lowest BCUT2D eigenvalue weighted by Crippen LogP contribution is -2.23. The maximum Gasteiger partial charge on any atom is 0.221 e. The van der Waals surface area contributed by atoms with E-state index < -0.39 is 0 Å². The van der Waals surface area contributed by atoms with Gasteiger partial charge in [0.25, 0.3) is 0 Å². The van der Waals surface area contributed by atoms with Gasteiger partial charge in [-0.3, -0.25) is 4.79 Å². The van der Waals surface area contributed by atoms with Crippen LogP contribution < -0.4 is 5.32 Å². The number of carbonyl (C=O) groups is 1. The van der Waals surface area contributed by atoms with Gasteiger partial charge >= 0.3 is 0 Å². The monoisotopic (exact) mass is 387 g/mol. The Morgan fingerprint density at radius 3 is 2.52 bits per heavy atom. The van der Waals surface area contributed by atoms with Gasteiger partial charge in [-0.25, -0.2) is 0 Å². The van der Waals surface area contributed by atoms with E-state index in [0.29, 0.717) is 23.0 Å². The van der Waals surface area contributed by atoms with E-state index in [9.17, 15) is 4.79 Å². The Morgan fingerprint density at radius 2 is 1.78 bits per heavy atom. The molecule has 0 aromatic heterocycles. The third-order valence-corrected chi connectivity index (χ3v) is 5.28. The van der Waals surface area contributed by atoms with Crippen molar-refractivity contribution in [2.45, 2.75) is 18.7 Å². The Kier molecular flexibility index (Phi) is 7.57. The van der Waals surface area contributed by atoms with Crippen molar-refractivity contribution < 1.29 is 4.79 Å². The number of carbonyl (C=O) groups excluding carboxylic acids is 1. The maximum atomic E-state index is 11.8. The summed E-state index contributed by atoms with van der Waals surface area (Å²) >= 11 is 19.6. The van der Waals surface area contributed by atoms with E-state index in [0.717, 1.165) is 27.7 Å². The van der Waals surface area contributed by atoms with Gasteiger partial charge in [-0.05, 0) is 29.3 Å². The molecule has 0 spiro atoms. The van der Waals surface area contributed by atoms with Gasteiger partial charge in [0, 0.05) is 29.5 Å². The highest BCUT2D eigenvalue weighted by Gasteiger charge is 2.04. The zero-order valence-electron chi connectivity index (χ0n) is 12.3. The summed E-state index contributed by atoms with van der Waals surface area (Å²) in [5, 5.41) is 4.65. The molecule has 0 aliphatic rings. The van der Waals surface area contributed by atoms with Gasteiger partial charge in [0.2, 0.25) is 5.91 Å². The Balaban J connectivity index is 1.67. The van der Waals surface area contributed by atoms with Crippen LogP contribution in [0.15, 0.2) is 42.5 Å². The Morgan fingerprint density at radius 1 is 1.00 bits per heavy atom. The summed E-state index contributed by atoms with van der Waals surface area (Å²) < 4.78 is 0. The van der Waals surface area contributed by atoms with Crippen LogP contribution in [0.3, 0.4) is 0 Å². The molecule has 0 fully saturated rings. The summed E-state index contributed by atoms with van der Waals surface area (Å²) in [5.41, 5.74) is 2.02. The zero-order valence-corrected chi connectivity index (χ0v) is 15.4. The minimum Gasteiger partial charge on any atom is -0.352 e. The average Bonchev–Trinajstić information content (AvgIpc) is 2.54. The van der Waals surface area contributed by atoms with Gasteiger partial charge in [-0.15, -0.1) is 0 Å². The van der Waals surface area contributed by atoms with Crippen molar-refractivity contribution in [2.75, 3.05) is 5.75 Å². The molecule has 1 N–H and O–H groups in total. The number of nitrogens with one attached hydrogen (secondary N) is 1. The molecular weight excluding hydrogens is 373 g/mol. The summed E-state index contributed by atoms with van der Waals surface area (Å²) in [6, 6.07) is 13.1. The Hall–Kier alpha value is -0.870. The molecular formula is C17H16Cl3NOS. The first kappa shape index (κ1) is 18.5. The molecule has 2 nitrogen and oxygen atoms in total. The summed E-state index contributed by atoms with van der Waals surface area (Å²) in [5.74, 6) is 1.57. The van der Waals surface area contributed by atoms with E-state index in [4.69, 9.17) is 34.8 Å². The second-order valence-corrected chi connectivity index (χ2v) is 7.25. The van der Waals surface area contributed by atoms with Crippen LogP contribution in [0.4, 0.5) is 0 Å². The summed E-state index contributed by atoms with van der Waals surface area (Å²) in [4.78, 5) is 11.8. The number of hydrogen-bond donors (Lipinski definition) is 1. The van der Waals surface area contributed by atoms with E-state index in [1.54, 1.807) is 23.9 Å². The first-order valence-electron chi connectivity index (χ1n) is 7.08. The smallest absolute Gasteiger partial charge is 0.221 e. The lowest BCUT2D eigenvalue weighted by atomic mass is 10.2. The number of benzene rings is 2. The average molecular weight is 389 g/mol. The van der Waals surface area contributed by atoms with Gasteiger partial charge in [0.1, 0.15) is 0 Å². The van der Waals surface area contributed by atoms with Crippen LogP contribution >= 0.6 is 46.6 Å². The number of thioether (sulfide) groups is 1. The minimum absolute atomic E-state index is 0.0164. The lowest BCUT2D eigenvalue weighted by Gasteiger charge is -2.07.